The van der Waals surface area contributed by atoms with E-state index in [-0.39, 0.29) is 0 Å². The fourth-order valence-electron chi connectivity index (χ4n) is 1.08. The van der Waals surface area contributed by atoms with Gasteiger partial charge >= 0.3 is 0 Å². The second-order valence-electron chi connectivity index (χ2n) is 2.28. The largest absolute Gasteiger partial charge is 0.471 e. The molecule has 1 aromatic heterocycles. The number of hydrogen-bond acceptors (Lipinski definition) is 2. The number of carbonyl (C=O) groups excluding carboxylic acids is 1. The van der Waals surface area contributed by atoms with Crippen LogP contribution in [0.2, 0.25) is 0 Å². The first-order valence-corrected chi connectivity index (χ1v) is 3.25. The van der Waals surface area contributed by atoms with Crippen LogP contribution in [0.1, 0.15) is 5.56 Å². The number of furan rings is 1. The summed E-state index contributed by atoms with van der Waals surface area (Å²) in [5, 5.41) is 1.76. The molecule has 0 atom stereocenters. The van der Waals surface area contributed by atoms with Gasteiger partial charge in [0.25, 0.3) is 0 Å². The molecule has 2 nitrogen and oxygen atoms in total. The highest BCUT2D eigenvalue weighted by Crippen LogP contribution is 2.17. The normalized spacial score (nSPS) is 10.2. The van der Waals surface area contributed by atoms with E-state index in [1.165, 1.54) is 0 Å². The molecule has 0 saturated carbocycles. The Hall–Kier alpha value is -1.57. The minimum absolute atomic E-state index is 0.552. The molecule has 2 heteroatoms. The summed E-state index contributed by atoms with van der Waals surface area (Å²) in [5.41, 5.74) is 0.552. The smallest absolute Gasteiger partial charge is 0.234 e. The summed E-state index contributed by atoms with van der Waals surface area (Å²) in [6.45, 7) is 0. The molecule has 0 amide bonds. The first-order valence-electron chi connectivity index (χ1n) is 3.25. The van der Waals surface area contributed by atoms with Gasteiger partial charge in [-0.1, -0.05) is 18.2 Å². The second kappa shape index (κ2) is 2.23. The molecule has 0 bridgehead atoms. The highest BCUT2D eigenvalue weighted by Gasteiger charge is 2.00. The molecule has 0 saturated heterocycles. The highest BCUT2D eigenvalue weighted by atomic mass is 16.3. The molecule has 0 aliphatic heterocycles. The van der Waals surface area contributed by atoms with Gasteiger partial charge < -0.3 is 4.42 Å². The Balaban J connectivity index is 2.88. The van der Waals surface area contributed by atoms with E-state index in [0.29, 0.717) is 5.56 Å². The monoisotopic (exact) mass is 145 g/mol. The molecule has 1 aromatic carbocycles. The minimum Gasteiger partial charge on any atom is -0.471 e. The molecule has 53 valence electrons. The van der Waals surface area contributed by atoms with Gasteiger partial charge in [0.2, 0.25) is 6.29 Å². The van der Waals surface area contributed by atoms with Crippen molar-refractivity contribution in [1.29, 1.82) is 0 Å². The maximum Gasteiger partial charge on any atom is 0.234 e. The van der Waals surface area contributed by atoms with Crippen LogP contribution in [0.15, 0.2) is 35.1 Å². The molecule has 11 heavy (non-hydrogen) atoms. The third-order valence-corrected chi connectivity index (χ3v) is 1.63. The van der Waals surface area contributed by atoms with Crippen molar-refractivity contribution in [2.24, 2.45) is 0 Å². The van der Waals surface area contributed by atoms with E-state index < -0.39 is 0 Å². The summed E-state index contributed by atoms with van der Waals surface area (Å²) in [6.07, 6.45) is 5.00. The third kappa shape index (κ3) is 0.835. The fraction of sp³-hybridized carbons (Fsp3) is 0. The Kier molecular flexibility index (Phi) is 1.25. The van der Waals surface area contributed by atoms with Crippen LogP contribution in [0.3, 0.4) is 0 Å². The van der Waals surface area contributed by atoms with Crippen LogP contribution in [-0.4, -0.2) is 6.29 Å². The van der Waals surface area contributed by atoms with E-state index >= 15 is 0 Å². The van der Waals surface area contributed by atoms with Crippen molar-refractivity contribution >= 4 is 17.1 Å². The van der Waals surface area contributed by atoms with Gasteiger partial charge in [0.1, 0.15) is 0 Å². The molecule has 0 N–H and O–H groups in total. The van der Waals surface area contributed by atoms with Crippen molar-refractivity contribution in [3.8, 4) is 0 Å². The molecular weight excluding hydrogens is 140 g/mol. The van der Waals surface area contributed by atoms with Crippen LogP contribution < -0.4 is 0 Å². The van der Waals surface area contributed by atoms with Gasteiger partial charge in [0.05, 0.1) is 12.5 Å². The number of rotatable bonds is 1. The molecule has 2 rings (SSSR count). The lowest BCUT2D eigenvalue weighted by molar-refractivity contribution is 0.562. The molecule has 0 aliphatic carbocycles. The Morgan fingerprint density at radius 1 is 1.27 bits per heavy atom. The number of benzene rings is 1. The zero-order chi connectivity index (χ0) is 7.68. The molecule has 0 fully saturated rings. The molecule has 0 aliphatic rings. The predicted molar refractivity (Wildman–Crippen MR) is 41.0 cm³/mol. The summed E-state index contributed by atoms with van der Waals surface area (Å²) >= 11 is 0. The highest BCUT2D eigenvalue weighted by molar-refractivity contribution is 5.97. The van der Waals surface area contributed by atoms with Crippen LogP contribution in [0, 0.1) is 0 Å². The van der Waals surface area contributed by atoms with Gasteiger partial charge in [0, 0.05) is 16.3 Å². The first-order chi connectivity index (χ1) is 5.42. The lowest BCUT2D eigenvalue weighted by atomic mass is 10.1. The molecule has 0 spiro atoms. The second-order valence-corrected chi connectivity index (χ2v) is 2.28. The topological polar surface area (TPSA) is 30.2 Å². The Morgan fingerprint density at radius 3 is 3.00 bits per heavy atom. The van der Waals surface area contributed by atoms with Crippen molar-refractivity contribution < 1.29 is 9.21 Å². The quantitative estimate of drug-likeness (QED) is 0.613. The van der Waals surface area contributed by atoms with E-state index in [9.17, 15) is 4.79 Å². The lowest BCUT2D eigenvalue weighted by Crippen LogP contribution is -1.78. The van der Waals surface area contributed by atoms with E-state index in [0.717, 1.165) is 10.8 Å². The average molecular weight is 145 g/mol. The van der Waals surface area contributed by atoms with Crippen LogP contribution in [0.4, 0.5) is 0 Å². The van der Waals surface area contributed by atoms with Crippen molar-refractivity contribution in [3.05, 3.63) is 36.3 Å². The summed E-state index contributed by atoms with van der Waals surface area (Å²) in [4.78, 5) is 10.4. The van der Waals surface area contributed by atoms with Crippen molar-refractivity contribution in [3.63, 3.8) is 0 Å². The Labute approximate surface area is 63.4 Å². The van der Waals surface area contributed by atoms with Gasteiger partial charge in [-0.25, -0.2) is 0 Å². The maximum atomic E-state index is 10.4. The summed E-state index contributed by atoms with van der Waals surface area (Å²) in [7, 11) is 0. The molecule has 1 heterocycles. The summed E-state index contributed by atoms with van der Waals surface area (Å²) in [6, 6.07) is 5.41. The summed E-state index contributed by atoms with van der Waals surface area (Å²) in [5.74, 6) is 0. The zero-order valence-electron chi connectivity index (χ0n) is 5.70. The van der Waals surface area contributed by atoms with Gasteiger partial charge in [-0.05, 0) is 0 Å². The molecule has 2 aromatic rings. The van der Waals surface area contributed by atoms with Gasteiger partial charge in [-0.3, -0.25) is 4.79 Å². The number of fused-ring (bicyclic) bond motifs is 1. The van der Waals surface area contributed by atoms with Gasteiger partial charge in [-0.15, -0.1) is 0 Å². The van der Waals surface area contributed by atoms with Crippen molar-refractivity contribution in [2.75, 3.05) is 0 Å². The van der Waals surface area contributed by atoms with Crippen molar-refractivity contribution in [2.45, 2.75) is 0 Å². The van der Waals surface area contributed by atoms with Gasteiger partial charge in [0.15, 0.2) is 0 Å². The van der Waals surface area contributed by atoms with E-state index in [2.05, 4.69) is 0 Å². The Bertz CT molecular complexity index is 387. The maximum absolute atomic E-state index is 10.4. The minimum atomic E-state index is 0.552. The zero-order valence-corrected chi connectivity index (χ0v) is 5.70. The third-order valence-electron chi connectivity index (χ3n) is 1.63. The number of hydrogen-bond donors (Lipinski definition) is 0. The van der Waals surface area contributed by atoms with E-state index in [4.69, 9.17) is 4.42 Å². The van der Waals surface area contributed by atoms with Gasteiger partial charge in [-0.2, -0.15) is 0 Å². The first kappa shape index (κ1) is 6.16. The van der Waals surface area contributed by atoms with Crippen LogP contribution in [0.5, 0.6) is 0 Å². The van der Waals surface area contributed by atoms with Crippen LogP contribution in [-0.2, 0) is 4.79 Å². The lowest BCUT2D eigenvalue weighted by Gasteiger charge is -1.88. The fourth-order valence-corrected chi connectivity index (χ4v) is 1.08. The van der Waals surface area contributed by atoms with Crippen LogP contribution in [0.25, 0.3) is 10.8 Å². The van der Waals surface area contributed by atoms with E-state index in [1.807, 2.05) is 12.4 Å². The molecule has 1 radical (unpaired) electrons. The predicted octanol–water partition coefficient (Wildman–Crippen LogP) is 1.89. The Morgan fingerprint density at radius 2 is 2.18 bits per heavy atom. The SMILES string of the molecule is O=[C]c1cccc2cocc12. The van der Waals surface area contributed by atoms with Crippen molar-refractivity contribution in [1.82, 2.24) is 0 Å². The molecular formula is C9H5O2. The standard InChI is InChI=1S/C9H5O2/c10-4-7-2-1-3-8-5-11-6-9(7)8/h1-3,5-6H. The van der Waals surface area contributed by atoms with Crippen LogP contribution >= 0.6 is 0 Å². The molecule has 0 unspecified atom stereocenters. The summed E-state index contributed by atoms with van der Waals surface area (Å²) < 4.78 is 4.93. The van der Waals surface area contributed by atoms with E-state index in [1.54, 1.807) is 24.7 Å². The average Bonchev–Trinajstić information content (AvgIpc) is 2.50.